The molecule has 1 heterocycles. The lowest BCUT2D eigenvalue weighted by molar-refractivity contribution is -0.145. The van der Waals surface area contributed by atoms with Gasteiger partial charge in [0.15, 0.2) is 0 Å². The van der Waals surface area contributed by atoms with Crippen LogP contribution in [0.1, 0.15) is 38.9 Å². The molecule has 1 atom stereocenters. The lowest BCUT2D eigenvalue weighted by Crippen LogP contribution is -2.42. The zero-order chi connectivity index (χ0) is 17.2. The molecule has 0 fully saturated rings. The van der Waals surface area contributed by atoms with Crippen LogP contribution in [-0.4, -0.2) is 30.9 Å². The van der Waals surface area contributed by atoms with E-state index in [0.717, 1.165) is 0 Å². The van der Waals surface area contributed by atoms with Gasteiger partial charge in [0.2, 0.25) is 11.8 Å². The van der Waals surface area contributed by atoms with Crippen LogP contribution in [0.5, 0.6) is 0 Å². The first-order valence-electron chi connectivity index (χ1n) is 7.58. The van der Waals surface area contributed by atoms with Gasteiger partial charge in [-0.25, -0.2) is 4.79 Å². The monoisotopic (exact) mass is 324 g/mol. The summed E-state index contributed by atoms with van der Waals surface area (Å²) in [6.45, 7) is 4.18. The smallest absolute Gasteiger partial charge is 0.328 e. The molecule has 1 rings (SSSR count). The normalized spacial score (nSPS) is 11.8. The van der Waals surface area contributed by atoms with Gasteiger partial charge in [0.05, 0.1) is 19.9 Å². The molecule has 1 aromatic heterocycles. The molecule has 0 saturated heterocycles. The van der Waals surface area contributed by atoms with Gasteiger partial charge in [-0.05, 0) is 24.5 Å². The minimum atomic E-state index is -0.682. The Hall–Kier alpha value is -2.31. The molecule has 0 aliphatic rings. The van der Waals surface area contributed by atoms with Gasteiger partial charge < -0.3 is 19.8 Å². The SMILES string of the molecule is COC(=O)[C@@H](CC(C)C)NC(=O)CCC(=O)NCc1ccco1. The number of furan rings is 1. The first kappa shape index (κ1) is 18.7. The quantitative estimate of drug-likeness (QED) is 0.669. The van der Waals surface area contributed by atoms with Crippen LogP contribution in [0.15, 0.2) is 22.8 Å². The molecule has 7 nitrogen and oxygen atoms in total. The molecule has 0 radical (unpaired) electrons. The summed E-state index contributed by atoms with van der Waals surface area (Å²) < 4.78 is 9.77. The van der Waals surface area contributed by atoms with Crippen molar-refractivity contribution in [2.24, 2.45) is 5.92 Å². The number of carbonyl (C=O) groups is 3. The Bertz CT molecular complexity index is 511. The van der Waals surface area contributed by atoms with Crippen molar-refractivity contribution in [3.05, 3.63) is 24.2 Å². The number of ether oxygens (including phenoxy) is 1. The molecule has 0 saturated carbocycles. The Kier molecular flexibility index (Phi) is 7.87. The van der Waals surface area contributed by atoms with E-state index in [-0.39, 0.29) is 37.1 Å². The van der Waals surface area contributed by atoms with Crippen molar-refractivity contribution in [1.29, 1.82) is 0 Å². The van der Waals surface area contributed by atoms with Crippen LogP contribution in [0.4, 0.5) is 0 Å². The molecule has 0 aromatic carbocycles. The van der Waals surface area contributed by atoms with Gasteiger partial charge in [-0.3, -0.25) is 9.59 Å². The molecule has 0 aliphatic heterocycles. The van der Waals surface area contributed by atoms with Crippen molar-refractivity contribution in [2.75, 3.05) is 7.11 Å². The summed E-state index contributed by atoms with van der Waals surface area (Å²) in [4.78, 5) is 35.2. The Morgan fingerprint density at radius 3 is 2.48 bits per heavy atom. The largest absolute Gasteiger partial charge is 0.467 e. The second-order valence-electron chi connectivity index (χ2n) is 5.63. The number of hydrogen-bond acceptors (Lipinski definition) is 5. The number of hydrogen-bond donors (Lipinski definition) is 2. The minimum absolute atomic E-state index is 0.00950. The van der Waals surface area contributed by atoms with Gasteiger partial charge >= 0.3 is 5.97 Å². The number of esters is 1. The van der Waals surface area contributed by atoms with Crippen molar-refractivity contribution in [1.82, 2.24) is 10.6 Å². The topological polar surface area (TPSA) is 97.6 Å². The Balaban J connectivity index is 2.33. The molecule has 2 amide bonds. The maximum absolute atomic E-state index is 11.9. The summed E-state index contributed by atoms with van der Waals surface area (Å²) in [5, 5.41) is 5.27. The Morgan fingerprint density at radius 1 is 1.22 bits per heavy atom. The highest BCUT2D eigenvalue weighted by molar-refractivity contribution is 5.87. The van der Waals surface area contributed by atoms with Crippen LogP contribution in [0, 0.1) is 5.92 Å². The maximum atomic E-state index is 11.9. The van der Waals surface area contributed by atoms with Crippen molar-refractivity contribution >= 4 is 17.8 Å². The fourth-order valence-corrected chi connectivity index (χ4v) is 2.01. The van der Waals surface area contributed by atoms with Crippen LogP contribution in [-0.2, 0) is 25.7 Å². The molecule has 128 valence electrons. The first-order valence-corrected chi connectivity index (χ1v) is 7.58. The van der Waals surface area contributed by atoms with E-state index in [1.54, 1.807) is 12.1 Å². The zero-order valence-corrected chi connectivity index (χ0v) is 13.8. The number of carbonyl (C=O) groups excluding carboxylic acids is 3. The number of nitrogens with one attached hydrogen (secondary N) is 2. The molecule has 2 N–H and O–H groups in total. The van der Waals surface area contributed by atoms with E-state index < -0.39 is 12.0 Å². The molecule has 0 aliphatic carbocycles. The van der Waals surface area contributed by atoms with Crippen LogP contribution >= 0.6 is 0 Å². The predicted molar refractivity (Wildman–Crippen MR) is 83.2 cm³/mol. The Morgan fingerprint density at radius 2 is 1.91 bits per heavy atom. The van der Waals surface area contributed by atoms with Gasteiger partial charge in [0.25, 0.3) is 0 Å². The molecule has 0 unspecified atom stereocenters. The first-order chi connectivity index (χ1) is 10.9. The highest BCUT2D eigenvalue weighted by atomic mass is 16.5. The number of rotatable bonds is 9. The van der Waals surface area contributed by atoms with E-state index >= 15 is 0 Å². The fraction of sp³-hybridized carbons (Fsp3) is 0.562. The van der Waals surface area contributed by atoms with Crippen molar-refractivity contribution < 1.29 is 23.5 Å². The third-order valence-electron chi connectivity index (χ3n) is 3.15. The summed E-state index contributed by atoms with van der Waals surface area (Å²) in [5.74, 6) is -0.208. The van der Waals surface area contributed by atoms with Crippen molar-refractivity contribution in [3.63, 3.8) is 0 Å². The fourth-order valence-electron chi connectivity index (χ4n) is 2.01. The van der Waals surface area contributed by atoms with Gasteiger partial charge in [0, 0.05) is 12.8 Å². The Labute approximate surface area is 135 Å². The summed E-state index contributed by atoms with van der Waals surface area (Å²) >= 11 is 0. The van der Waals surface area contributed by atoms with E-state index in [9.17, 15) is 14.4 Å². The maximum Gasteiger partial charge on any atom is 0.328 e. The molecule has 0 spiro atoms. The summed E-state index contributed by atoms with van der Waals surface area (Å²) in [5.41, 5.74) is 0. The number of methoxy groups -OCH3 is 1. The average molecular weight is 324 g/mol. The van der Waals surface area contributed by atoms with Crippen LogP contribution < -0.4 is 10.6 Å². The van der Waals surface area contributed by atoms with Crippen molar-refractivity contribution in [2.45, 2.75) is 45.7 Å². The molecular formula is C16H24N2O5. The third kappa shape index (κ3) is 7.49. The van der Waals surface area contributed by atoms with E-state index in [4.69, 9.17) is 4.42 Å². The minimum Gasteiger partial charge on any atom is -0.467 e. The number of amides is 2. The highest BCUT2D eigenvalue weighted by Crippen LogP contribution is 2.07. The van der Waals surface area contributed by atoms with E-state index in [0.29, 0.717) is 12.2 Å². The summed E-state index contributed by atoms with van der Waals surface area (Å²) in [7, 11) is 1.28. The van der Waals surface area contributed by atoms with Gasteiger partial charge in [-0.1, -0.05) is 13.8 Å². The third-order valence-corrected chi connectivity index (χ3v) is 3.15. The van der Waals surface area contributed by atoms with E-state index in [1.807, 2.05) is 13.8 Å². The second-order valence-corrected chi connectivity index (χ2v) is 5.63. The molecule has 0 bridgehead atoms. The average Bonchev–Trinajstić information content (AvgIpc) is 3.02. The van der Waals surface area contributed by atoms with E-state index in [1.165, 1.54) is 13.4 Å². The zero-order valence-electron chi connectivity index (χ0n) is 13.8. The van der Waals surface area contributed by atoms with Crippen LogP contribution in [0.3, 0.4) is 0 Å². The molecule has 7 heteroatoms. The standard InChI is InChI=1S/C16H24N2O5/c1-11(2)9-13(16(21)22-3)18-15(20)7-6-14(19)17-10-12-5-4-8-23-12/h4-5,8,11,13H,6-7,9-10H2,1-3H3,(H,17,19)(H,18,20)/t13-/m1/s1. The molecule has 23 heavy (non-hydrogen) atoms. The molecular weight excluding hydrogens is 300 g/mol. The van der Waals surface area contributed by atoms with Gasteiger partial charge in [0.1, 0.15) is 11.8 Å². The van der Waals surface area contributed by atoms with Gasteiger partial charge in [-0.2, -0.15) is 0 Å². The highest BCUT2D eigenvalue weighted by Gasteiger charge is 2.22. The van der Waals surface area contributed by atoms with E-state index in [2.05, 4.69) is 15.4 Å². The van der Waals surface area contributed by atoms with Gasteiger partial charge in [-0.15, -0.1) is 0 Å². The molecule has 1 aromatic rings. The van der Waals surface area contributed by atoms with Crippen LogP contribution in [0.2, 0.25) is 0 Å². The summed E-state index contributed by atoms with van der Waals surface area (Å²) in [6.07, 6.45) is 2.07. The van der Waals surface area contributed by atoms with Crippen LogP contribution in [0.25, 0.3) is 0 Å². The predicted octanol–water partition coefficient (Wildman–Crippen LogP) is 1.38. The lowest BCUT2D eigenvalue weighted by Gasteiger charge is -2.18. The second kappa shape index (κ2) is 9.66. The van der Waals surface area contributed by atoms with Crippen molar-refractivity contribution in [3.8, 4) is 0 Å². The summed E-state index contributed by atoms with van der Waals surface area (Å²) in [6, 6.07) is 2.80. The lowest BCUT2D eigenvalue weighted by atomic mass is 10.0.